The highest BCUT2D eigenvalue weighted by Crippen LogP contribution is 2.16. The number of anilines is 1. The summed E-state index contributed by atoms with van der Waals surface area (Å²) in [6.07, 6.45) is 4.67. The van der Waals surface area contributed by atoms with Gasteiger partial charge in [-0.1, -0.05) is 6.08 Å². The van der Waals surface area contributed by atoms with Crippen LogP contribution in [0.25, 0.3) is 5.65 Å². The fourth-order valence-corrected chi connectivity index (χ4v) is 1.32. The molecule has 0 saturated carbocycles. The van der Waals surface area contributed by atoms with Gasteiger partial charge in [-0.05, 0) is 6.42 Å². The van der Waals surface area contributed by atoms with Crippen LogP contribution in [0.3, 0.4) is 0 Å². The molecule has 0 spiro atoms. The topological polar surface area (TPSA) is 56.2 Å². The average Bonchev–Trinajstić information content (AvgIpc) is 2.43. The Kier molecular flexibility index (Phi) is 1.92. The second-order valence-electron chi connectivity index (χ2n) is 2.90. The van der Waals surface area contributed by atoms with Crippen molar-refractivity contribution in [2.24, 2.45) is 0 Å². The molecule has 0 fully saturated rings. The normalized spacial score (nSPS) is 10.6. The molecular weight excluding hydrogens is 183 g/mol. The van der Waals surface area contributed by atoms with Crippen molar-refractivity contribution in [2.45, 2.75) is 6.42 Å². The molecule has 2 heterocycles. The summed E-state index contributed by atoms with van der Waals surface area (Å²) in [5.41, 5.74) is 7.00. The number of nitrogens with zero attached hydrogens (tertiary/aromatic N) is 3. The van der Waals surface area contributed by atoms with Gasteiger partial charge in [0, 0.05) is 5.56 Å². The van der Waals surface area contributed by atoms with E-state index in [1.807, 2.05) is 0 Å². The lowest BCUT2D eigenvalue weighted by molar-refractivity contribution is 0.607. The minimum absolute atomic E-state index is 0.364. The van der Waals surface area contributed by atoms with Gasteiger partial charge >= 0.3 is 0 Å². The van der Waals surface area contributed by atoms with Gasteiger partial charge in [0.15, 0.2) is 17.3 Å². The standard InChI is InChI=1S/C9H9FN4/c1-2-3-7-8(11)13-14-5-6(10)4-12-9(7)14/h2,4-5H,1,3H2,(H2,11,13). The maximum atomic E-state index is 12.8. The molecule has 0 atom stereocenters. The second kappa shape index (κ2) is 3.10. The van der Waals surface area contributed by atoms with Crippen LogP contribution in [0.1, 0.15) is 5.56 Å². The highest BCUT2D eigenvalue weighted by atomic mass is 19.1. The first kappa shape index (κ1) is 8.68. The van der Waals surface area contributed by atoms with Crippen molar-refractivity contribution < 1.29 is 4.39 Å². The first-order chi connectivity index (χ1) is 6.72. The average molecular weight is 192 g/mol. The van der Waals surface area contributed by atoms with Gasteiger partial charge in [-0.2, -0.15) is 0 Å². The largest absolute Gasteiger partial charge is 0.382 e. The van der Waals surface area contributed by atoms with Crippen LogP contribution in [0.2, 0.25) is 0 Å². The van der Waals surface area contributed by atoms with Crippen LogP contribution in [-0.4, -0.2) is 14.6 Å². The van der Waals surface area contributed by atoms with Gasteiger partial charge in [-0.3, -0.25) is 0 Å². The van der Waals surface area contributed by atoms with Gasteiger partial charge in [0.2, 0.25) is 0 Å². The molecule has 0 aliphatic rings. The van der Waals surface area contributed by atoms with Crippen molar-refractivity contribution in [3.05, 3.63) is 36.4 Å². The zero-order chi connectivity index (χ0) is 10.1. The van der Waals surface area contributed by atoms with E-state index < -0.39 is 5.82 Å². The van der Waals surface area contributed by atoms with Gasteiger partial charge in [0.05, 0.1) is 12.4 Å². The van der Waals surface area contributed by atoms with Gasteiger partial charge in [0.1, 0.15) is 0 Å². The molecule has 72 valence electrons. The summed E-state index contributed by atoms with van der Waals surface area (Å²) in [6, 6.07) is 0. The number of allylic oxidation sites excluding steroid dienone is 1. The summed E-state index contributed by atoms with van der Waals surface area (Å²) in [5, 5.41) is 3.94. The first-order valence-corrected chi connectivity index (χ1v) is 4.11. The van der Waals surface area contributed by atoms with E-state index in [0.717, 1.165) is 11.8 Å². The third-order valence-electron chi connectivity index (χ3n) is 1.92. The van der Waals surface area contributed by atoms with E-state index in [4.69, 9.17) is 5.73 Å². The lowest BCUT2D eigenvalue weighted by atomic mass is 10.2. The molecule has 0 saturated heterocycles. The highest BCUT2D eigenvalue weighted by Gasteiger charge is 2.09. The quantitative estimate of drug-likeness (QED) is 0.727. The highest BCUT2D eigenvalue weighted by molar-refractivity contribution is 5.59. The maximum absolute atomic E-state index is 12.8. The second-order valence-corrected chi connectivity index (χ2v) is 2.90. The molecular formula is C9H9FN4. The summed E-state index contributed by atoms with van der Waals surface area (Å²) in [6.45, 7) is 3.61. The van der Waals surface area contributed by atoms with E-state index in [0.29, 0.717) is 17.9 Å². The van der Waals surface area contributed by atoms with E-state index in [2.05, 4.69) is 16.7 Å². The molecule has 0 aliphatic heterocycles. The lowest BCUT2D eigenvalue weighted by Crippen LogP contribution is -1.92. The Labute approximate surface area is 79.9 Å². The zero-order valence-electron chi connectivity index (χ0n) is 7.44. The molecule has 0 aromatic carbocycles. The third-order valence-corrected chi connectivity index (χ3v) is 1.92. The Hall–Kier alpha value is -1.91. The fourth-order valence-electron chi connectivity index (χ4n) is 1.32. The predicted octanol–water partition coefficient (Wildman–Crippen LogP) is 1.18. The number of rotatable bonds is 2. The van der Waals surface area contributed by atoms with Crippen LogP contribution >= 0.6 is 0 Å². The molecule has 2 aromatic heterocycles. The van der Waals surface area contributed by atoms with E-state index in [1.165, 1.54) is 10.7 Å². The van der Waals surface area contributed by atoms with E-state index in [-0.39, 0.29) is 0 Å². The summed E-state index contributed by atoms with van der Waals surface area (Å²) >= 11 is 0. The molecule has 2 aromatic rings. The van der Waals surface area contributed by atoms with Gasteiger partial charge in [-0.15, -0.1) is 11.7 Å². The first-order valence-electron chi connectivity index (χ1n) is 4.11. The summed E-state index contributed by atoms with van der Waals surface area (Å²) in [4.78, 5) is 3.92. The van der Waals surface area contributed by atoms with Crippen molar-refractivity contribution in [1.29, 1.82) is 0 Å². The molecule has 0 unspecified atom stereocenters. The Balaban J connectivity index is 2.70. The molecule has 0 aliphatic carbocycles. The summed E-state index contributed by atoms with van der Waals surface area (Å²) < 4.78 is 14.1. The van der Waals surface area contributed by atoms with Crippen LogP contribution in [0.4, 0.5) is 10.2 Å². The lowest BCUT2D eigenvalue weighted by Gasteiger charge is -1.94. The summed E-state index contributed by atoms with van der Waals surface area (Å²) in [5.74, 6) is -0.0758. The minimum atomic E-state index is -0.440. The number of nitrogen functional groups attached to an aromatic ring is 1. The molecule has 4 nitrogen and oxygen atoms in total. The predicted molar refractivity (Wildman–Crippen MR) is 51.3 cm³/mol. The van der Waals surface area contributed by atoms with Gasteiger partial charge in [0.25, 0.3) is 0 Å². The molecule has 0 amide bonds. The van der Waals surface area contributed by atoms with Crippen LogP contribution in [0.15, 0.2) is 25.0 Å². The molecule has 14 heavy (non-hydrogen) atoms. The Morgan fingerprint density at radius 1 is 1.64 bits per heavy atom. The minimum Gasteiger partial charge on any atom is -0.382 e. The van der Waals surface area contributed by atoms with Crippen molar-refractivity contribution in [3.8, 4) is 0 Å². The molecule has 0 radical (unpaired) electrons. The monoisotopic (exact) mass is 192 g/mol. The number of aromatic nitrogens is 3. The van der Waals surface area contributed by atoms with Crippen LogP contribution in [0.5, 0.6) is 0 Å². The third kappa shape index (κ3) is 1.22. The van der Waals surface area contributed by atoms with Gasteiger partial charge in [-0.25, -0.2) is 13.9 Å². The zero-order valence-corrected chi connectivity index (χ0v) is 7.44. The van der Waals surface area contributed by atoms with Crippen LogP contribution in [-0.2, 0) is 6.42 Å². The van der Waals surface area contributed by atoms with E-state index >= 15 is 0 Å². The van der Waals surface area contributed by atoms with Crippen molar-refractivity contribution in [2.75, 3.05) is 5.73 Å². The summed E-state index contributed by atoms with van der Waals surface area (Å²) in [7, 11) is 0. The van der Waals surface area contributed by atoms with Crippen molar-refractivity contribution in [1.82, 2.24) is 14.6 Å². The Bertz CT molecular complexity index is 489. The van der Waals surface area contributed by atoms with Crippen LogP contribution < -0.4 is 5.73 Å². The van der Waals surface area contributed by atoms with E-state index in [9.17, 15) is 4.39 Å². The number of hydrogen-bond acceptors (Lipinski definition) is 3. The van der Waals surface area contributed by atoms with Crippen LogP contribution in [0, 0.1) is 5.82 Å². The van der Waals surface area contributed by atoms with Crippen molar-refractivity contribution >= 4 is 11.5 Å². The van der Waals surface area contributed by atoms with E-state index in [1.54, 1.807) is 6.08 Å². The molecule has 2 rings (SSSR count). The molecule has 5 heteroatoms. The SMILES string of the molecule is C=CCc1c(N)nn2cc(F)cnc12. The number of hydrogen-bond donors (Lipinski definition) is 1. The maximum Gasteiger partial charge on any atom is 0.160 e. The fraction of sp³-hybridized carbons (Fsp3) is 0.111. The number of nitrogens with two attached hydrogens (primary N) is 1. The Morgan fingerprint density at radius 2 is 2.43 bits per heavy atom. The molecule has 0 bridgehead atoms. The van der Waals surface area contributed by atoms with Gasteiger partial charge < -0.3 is 5.73 Å². The number of halogens is 1. The number of fused-ring (bicyclic) bond motifs is 1. The smallest absolute Gasteiger partial charge is 0.160 e. The Morgan fingerprint density at radius 3 is 3.14 bits per heavy atom. The molecule has 2 N–H and O–H groups in total. The van der Waals surface area contributed by atoms with Crippen molar-refractivity contribution in [3.63, 3.8) is 0 Å².